The highest BCUT2D eigenvalue weighted by Crippen LogP contribution is 2.34. The van der Waals surface area contributed by atoms with Crippen LogP contribution >= 0.6 is 23.4 Å². The fourth-order valence-corrected chi connectivity index (χ4v) is 4.10. The van der Waals surface area contributed by atoms with Crippen LogP contribution in [-0.4, -0.2) is 46.9 Å². The molecule has 0 fully saturated rings. The van der Waals surface area contributed by atoms with Gasteiger partial charge in [-0.05, 0) is 48.0 Å². The Morgan fingerprint density at radius 1 is 1.03 bits per heavy atom. The molecular weight excluding hydrogens is 486 g/mol. The number of hydrazone groups is 1. The summed E-state index contributed by atoms with van der Waals surface area (Å²) in [5.41, 5.74) is 5.02. The van der Waals surface area contributed by atoms with E-state index in [4.69, 9.17) is 21.1 Å². The third-order valence-corrected chi connectivity index (χ3v) is 6.08. The summed E-state index contributed by atoms with van der Waals surface area (Å²) < 4.78 is 12.7. The lowest BCUT2D eigenvalue weighted by atomic mass is 10.2. The van der Waals surface area contributed by atoms with Gasteiger partial charge in [0.05, 0.1) is 26.2 Å². The molecule has 0 aliphatic rings. The van der Waals surface area contributed by atoms with Crippen molar-refractivity contribution in [3.8, 4) is 28.6 Å². The van der Waals surface area contributed by atoms with Gasteiger partial charge in [-0.15, -0.1) is 10.2 Å². The molecule has 0 aliphatic carbocycles. The zero-order valence-electron chi connectivity index (χ0n) is 19.0. The largest absolute Gasteiger partial charge is 0.493 e. The Morgan fingerprint density at radius 3 is 2.49 bits per heavy atom. The van der Waals surface area contributed by atoms with Crippen LogP contribution in [-0.2, 0) is 4.79 Å². The summed E-state index contributed by atoms with van der Waals surface area (Å²) in [5.74, 6) is 1.65. The summed E-state index contributed by atoms with van der Waals surface area (Å²) in [6.07, 6.45) is 1.56. The molecule has 1 aromatic heterocycles. The molecule has 0 radical (unpaired) electrons. The molecule has 0 saturated carbocycles. The van der Waals surface area contributed by atoms with Gasteiger partial charge < -0.3 is 9.47 Å². The van der Waals surface area contributed by atoms with Crippen molar-refractivity contribution < 1.29 is 14.3 Å². The number of hydrogen-bond acceptors (Lipinski definition) is 7. The van der Waals surface area contributed by atoms with Crippen molar-refractivity contribution in [2.24, 2.45) is 5.10 Å². The van der Waals surface area contributed by atoms with Gasteiger partial charge in [-0.1, -0.05) is 53.7 Å². The molecule has 1 heterocycles. The summed E-state index contributed by atoms with van der Waals surface area (Å²) >= 11 is 7.14. The molecule has 0 bridgehead atoms. The van der Waals surface area contributed by atoms with Gasteiger partial charge >= 0.3 is 0 Å². The molecule has 1 amide bonds. The Morgan fingerprint density at radius 2 is 1.77 bits per heavy atom. The van der Waals surface area contributed by atoms with Crippen LogP contribution in [0.15, 0.2) is 83.1 Å². The number of carbonyl (C=O) groups excluding carboxylic acids is 1. The number of methoxy groups -OCH3 is 2. The molecule has 1 N–H and O–H groups in total. The van der Waals surface area contributed by atoms with Gasteiger partial charge in [-0.25, -0.2) is 5.43 Å². The van der Waals surface area contributed by atoms with E-state index in [9.17, 15) is 4.79 Å². The van der Waals surface area contributed by atoms with Gasteiger partial charge in [-0.3, -0.25) is 9.36 Å². The van der Waals surface area contributed by atoms with Gasteiger partial charge in [0.2, 0.25) is 0 Å². The predicted octanol–water partition coefficient (Wildman–Crippen LogP) is 4.85. The van der Waals surface area contributed by atoms with E-state index in [2.05, 4.69) is 20.7 Å². The number of hydrogen-bond donors (Lipinski definition) is 1. The van der Waals surface area contributed by atoms with E-state index in [-0.39, 0.29) is 11.7 Å². The highest BCUT2D eigenvalue weighted by atomic mass is 35.5. The molecule has 8 nitrogen and oxygen atoms in total. The van der Waals surface area contributed by atoms with Crippen LogP contribution in [0.4, 0.5) is 0 Å². The first-order valence-corrected chi connectivity index (χ1v) is 11.9. The second-order valence-electron chi connectivity index (χ2n) is 7.18. The molecule has 0 aliphatic heterocycles. The van der Waals surface area contributed by atoms with E-state index >= 15 is 0 Å². The molecule has 178 valence electrons. The monoisotopic (exact) mass is 507 g/mol. The summed E-state index contributed by atoms with van der Waals surface area (Å²) in [5, 5.41) is 14.0. The smallest absolute Gasteiger partial charge is 0.250 e. The number of amides is 1. The Balaban J connectivity index is 1.54. The Bertz CT molecular complexity index is 1330. The van der Waals surface area contributed by atoms with Crippen LogP contribution in [0.5, 0.6) is 11.5 Å². The van der Waals surface area contributed by atoms with Crippen LogP contribution < -0.4 is 14.9 Å². The highest BCUT2D eigenvalue weighted by molar-refractivity contribution is 7.99. The van der Waals surface area contributed by atoms with Crippen molar-refractivity contribution in [3.63, 3.8) is 0 Å². The van der Waals surface area contributed by atoms with Crippen LogP contribution in [0.1, 0.15) is 5.56 Å². The molecule has 35 heavy (non-hydrogen) atoms. The van der Waals surface area contributed by atoms with Gasteiger partial charge in [-0.2, -0.15) is 5.10 Å². The molecule has 0 atom stereocenters. The van der Waals surface area contributed by atoms with E-state index in [1.54, 1.807) is 32.6 Å². The minimum atomic E-state index is -0.268. The molecule has 0 unspecified atom stereocenters. The first-order chi connectivity index (χ1) is 17.1. The van der Waals surface area contributed by atoms with Crippen LogP contribution in [0.25, 0.3) is 17.1 Å². The maximum atomic E-state index is 12.4. The third-order valence-electron chi connectivity index (χ3n) is 4.89. The molecule has 4 aromatic rings. The lowest BCUT2D eigenvalue weighted by Gasteiger charge is -2.12. The standard InChI is InChI=1S/C25H22ClN5O3S/c1-33-21-13-10-18(14-22(21)34-2)24-29-30-25(31(24)20-6-4-3-5-7-20)35-16-23(32)28-27-15-17-8-11-19(26)12-9-17/h3-15H,16H2,1-2H3,(H,28,32). The Hall–Kier alpha value is -3.82. The quantitative estimate of drug-likeness (QED) is 0.198. The first-order valence-electron chi connectivity index (χ1n) is 10.5. The maximum absolute atomic E-state index is 12.4. The number of rotatable bonds is 9. The Kier molecular flexibility index (Phi) is 8.02. The normalized spacial score (nSPS) is 10.9. The van der Waals surface area contributed by atoms with Crippen molar-refractivity contribution in [1.29, 1.82) is 0 Å². The average molecular weight is 508 g/mol. The molecule has 4 rings (SSSR count). The number of halogens is 1. The summed E-state index contributed by atoms with van der Waals surface area (Å²) in [7, 11) is 3.17. The van der Waals surface area contributed by atoms with Crippen LogP contribution in [0.3, 0.4) is 0 Å². The second-order valence-corrected chi connectivity index (χ2v) is 8.56. The minimum Gasteiger partial charge on any atom is -0.493 e. The van der Waals surface area contributed by atoms with Crippen molar-refractivity contribution in [2.45, 2.75) is 5.16 Å². The lowest BCUT2D eigenvalue weighted by molar-refractivity contribution is -0.118. The fraction of sp³-hybridized carbons (Fsp3) is 0.120. The maximum Gasteiger partial charge on any atom is 0.250 e. The minimum absolute atomic E-state index is 0.106. The van der Waals surface area contributed by atoms with Crippen LogP contribution in [0, 0.1) is 0 Å². The number of thioether (sulfide) groups is 1. The SMILES string of the molecule is COc1ccc(-c2nnc(SCC(=O)NN=Cc3ccc(Cl)cc3)n2-c2ccccc2)cc1OC. The van der Waals surface area contributed by atoms with E-state index in [0.717, 1.165) is 16.8 Å². The molecular formula is C25H22ClN5O3S. The number of para-hydroxylation sites is 1. The van der Waals surface area contributed by atoms with Gasteiger partial charge in [0.15, 0.2) is 22.5 Å². The Labute approximate surface area is 211 Å². The van der Waals surface area contributed by atoms with Gasteiger partial charge in [0.1, 0.15) is 0 Å². The summed E-state index contributed by atoms with van der Waals surface area (Å²) in [4.78, 5) is 12.4. The lowest BCUT2D eigenvalue weighted by Crippen LogP contribution is -2.20. The van der Waals surface area contributed by atoms with Crippen molar-refractivity contribution in [2.75, 3.05) is 20.0 Å². The van der Waals surface area contributed by atoms with E-state index in [1.165, 1.54) is 11.8 Å². The third kappa shape index (κ3) is 6.00. The highest BCUT2D eigenvalue weighted by Gasteiger charge is 2.18. The van der Waals surface area contributed by atoms with Crippen LogP contribution in [0.2, 0.25) is 5.02 Å². The summed E-state index contributed by atoms with van der Waals surface area (Å²) in [6, 6.07) is 22.4. The zero-order chi connectivity index (χ0) is 24.6. The molecule has 3 aromatic carbocycles. The van der Waals surface area contributed by atoms with Crippen molar-refractivity contribution in [3.05, 3.63) is 83.4 Å². The van der Waals surface area contributed by atoms with E-state index < -0.39 is 0 Å². The average Bonchev–Trinajstić information content (AvgIpc) is 3.32. The zero-order valence-corrected chi connectivity index (χ0v) is 20.6. The molecule has 10 heteroatoms. The predicted molar refractivity (Wildman–Crippen MR) is 138 cm³/mol. The topological polar surface area (TPSA) is 90.6 Å². The number of benzene rings is 3. The van der Waals surface area contributed by atoms with Gasteiger partial charge in [0, 0.05) is 16.3 Å². The fourth-order valence-electron chi connectivity index (χ4n) is 3.23. The number of aromatic nitrogens is 3. The molecule has 0 saturated heterocycles. The first kappa shape index (κ1) is 24.3. The van der Waals surface area contributed by atoms with Crippen molar-refractivity contribution in [1.82, 2.24) is 20.2 Å². The van der Waals surface area contributed by atoms with E-state index in [1.807, 2.05) is 65.2 Å². The molecule has 0 spiro atoms. The van der Waals surface area contributed by atoms with Crippen molar-refractivity contribution >= 4 is 35.5 Å². The number of nitrogens with zero attached hydrogens (tertiary/aromatic N) is 4. The van der Waals surface area contributed by atoms with Gasteiger partial charge in [0.25, 0.3) is 5.91 Å². The summed E-state index contributed by atoms with van der Waals surface area (Å²) in [6.45, 7) is 0. The number of nitrogens with one attached hydrogen (secondary N) is 1. The number of carbonyl (C=O) groups is 1. The number of ether oxygens (including phenoxy) is 2. The van der Waals surface area contributed by atoms with E-state index in [0.29, 0.717) is 27.5 Å². The second kappa shape index (κ2) is 11.5.